The largest absolute Gasteiger partial charge is 0.326 e. The van der Waals surface area contributed by atoms with Crippen LogP contribution in [-0.2, 0) is 11.3 Å². The molecule has 2 aromatic rings. The summed E-state index contributed by atoms with van der Waals surface area (Å²) in [4.78, 5) is 17.7. The van der Waals surface area contributed by atoms with Gasteiger partial charge in [0.15, 0.2) is 0 Å². The number of carbonyl (C=O) groups excluding carboxylic acids is 1. The zero-order valence-electron chi connectivity index (χ0n) is 10.9. The van der Waals surface area contributed by atoms with Crippen molar-refractivity contribution in [3.05, 3.63) is 36.0 Å². The fourth-order valence-electron chi connectivity index (χ4n) is 1.86. The Morgan fingerprint density at radius 3 is 2.72 bits per heavy atom. The smallest absolute Gasteiger partial charge is 0.221 e. The lowest BCUT2D eigenvalue weighted by Crippen LogP contribution is -2.11. The van der Waals surface area contributed by atoms with Crippen LogP contribution in [0.15, 0.2) is 30.3 Å². The van der Waals surface area contributed by atoms with Crippen molar-refractivity contribution in [3.8, 4) is 0 Å². The molecule has 1 heterocycles. The highest BCUT2D eigenvalue weighted by Crippen LogP contribution is 2.18. The Kier molecular flexibility index (Phi) is 3.58. The van der Waals surface area contributed by atoms with Gasteiger partial charge in [0.1, 0.15) is 0 Å². The van der Waals surface area contributed by atoms with Gasteiger partial charge >= 0.3 is 0 Å². The number of nitrogens with one attached hydrogen (secondary N) is 1. The summed E-state index contributed by atoms with van der Waals surface area (Å²) in [6.07, 6.45) is 0. The number of hydrogen-bond donors (Lipinski definition) is 1. The molecule has 0 fully saturated rings. The topological polar surface area (TPSA) is 45.2 Å². The van der Waals surface area contributed by atoms with E-state index in [1.54, 1.807) is 0 Å². The van der Waals surface area contributed by atoms with Crippen molar-refractivity contribution in [2.24, 2.45) is 0 Å². The molecule has 0 saturated carbocycles. The third-order valence-electron chi connectivity index (χ3n) is 2.55. The van der Waals surface area contributed by atoms with Gasteiger partial charge in [-0.1, -0.05) is 6.07 Å². The lowest BCUT2D eigenvalue weighted by Gasteiger charge is -2.10. The standard InChI is InChI=1S/C14H17N3O/c1-10(18)15-12-6-7-14-11(8-12)4-5-13(16-14)9-17(2)3/h4-8H,9H2,1-3H3,(H,15,18). The Labute approximate surface area is 107 Å². The van der Waals surface area contributed by atoms with Crippen LogP contribution in [0, 0.1) is 0 Å². The number of rotatable bonds is 3. The number of aromatic nitrogens is 1. The highest BCUT2D eigenvalue weighted by atomic mass is 16.1. The Morgan fingerprint density at radius 1 is 1.28 bits per heavy atom. The summed E-state index contributed by atoms with van der Waals surface area (Å²) in [5, 5.41) is 3.80. The highest BCUT2D eigenvalue weighted by Gasteiger charge is 2.02. The quantitative estimate of drug-likeness (QED) is 0.899. The second-order valence-corrected chi connectivity index (χ2v) is 4.63. The molecule has 0 spiro atoms. The van der Waals surface area contributed by atoms with E-state index in [1.807, 2.05) is 44.4 Å². The van der Waals surface area contributed by atoms with E-state index in [0.29, 0.717) is 0 Å². The second-order valence-electron chi connectivity index (χ2n) is 4.63. The number of fused-ring (bicyclic) bond motifs is 1. The number of hydrogen-bond acceptors (Lipinski definition) is 3. The van der Waals surface area contributed by atoms with Crippen LogP contribution in [0.5, 0.6) is 0 Å². The first kappa shape index (κ1) is 12.5. The number of pyridine rings is 1. The van der Waals surface area contributed by atoms with Crippen LogP contribution in [0.1, 0.15) is 12.6 Å². The van der Waals surface area contributed by atoms with Gasteiger partial charge in [0.05, 0.1) is 11.2 Å². The Bertz CT molecular complexity index is 578. The number of amides is 1. The van der Waals surface area contributed by atoms with Gasteiger partial charge in [-0.2, -0.15) is 0 Å². The van der Waals surface area contributed by atoms with Gasteiger partial charge in [-0.15, -0.1) is 0 Å². The van der Waals surface area contributed by atoms with Crippen molar-refractivity contribution in [3.63, 3.8) is 0 Å². The van der Waals surface area contributed by atoms with Gasteiger partial charge in [0.2, 0.25) is 5.91 Å². The number of nitrogens with zero attached hydrogens (tertiary/aromatic N) is 2. The summed E-state index contributed by atoms with van der Waals surface area (Å²) in [5.41, 5.74) is 2.79. The molecule has 0 aliphatic rings. The van der Waals surface area contributed by atoms with Crippen LogP contribution in [0.4, 0.5) is 5.69 Å². The zero-order chi connectivity index (χ0) is 13.1. The number of carbonyl (C=O) groups is 1. The van der Waals surface area contributed by atoms with Crippen LogP contribution in [0.2, 0.25) is 0 Å². The monoisotopic (exact) mass is 243 g/mol. The van der Waals surface area contributed by atoms with E-state index in [4.69, 9.17) is 0 Å². The van der Waals surface area contributed by atoms with Crippen LogP contribution < -0.4 is 5.32 Å². The normalized spacial score (nSPS) is 10.9. The molecule has 0 aliphatic carbocycles. The predicted molar refractivity (Wildman–Crippen MR) is 73.4 cm³/mol. The van der Waals surface area contributed by atoms with Gasteiger partial charge in [0, 0.05) is 24.5 Å². The van der Waals surface area contributed by atoms with E-state index >= 15 is 0 Å². The fraction of sp³-hybridized carbons (Fsp3) is 0.286. The van der Waals surface area contributed by atoms with Gasteiger partial charge < -0.3 is 10.2 Å². The Morgan fingerprint density at radius 2 is 2.06 bits per heavy atom. The Hall–Kier alpha value is -1.94. The predicted octanol–water partition coefficient (Wildman–Crippen LogP) is 2.25. The maximum Gasteiger partial charge on any atom is 0.221 e. The first-order chi connectivity index (χ1) is 8.54. The first-order valence-electron chi connectivity index (χ1n) is 5.86. The zero-order valence-corrected chi connectivity index (χ0v) is 10.9. The van der Waals surface area contributed by atoms with Gasteiger partial charge in [-0.05, 0) is 38.4 Å². The van der Waals surface area contributed by atoms with Crippen molar-refractivity contribution in [2.75, 3.05) is 19.4 Å². The van der Waals surface area contributed by atoms with E-state index in [0.717, 1.165) is 28.8 Å². The summed E-state index contributed by atoms with van der Waals surface area (Å²) in [7, 11) is 4.04. The number of anilines is 1. The SMILES string of the molecule is CC(=O)Nc1ccc2nc(CN(C)C)ccc2c1. The summed E-state index contributed by atoms with van der Waals surface area (Å²) >= 11 is 0. The molecule has 94 valence electrons. The molecule has 0 saturated heterocycles. The molecule has 0 bridgehead atoms. The lowest BCUT2D eigenvalue weighted by atomic mass is 10.2. The van der Waals surface area contributed by atoms with Crippen LogP contribution in [0.3, 0.4) is 0 Å². The minimum absolute atomic E-state index is 0.0634. The molecule has 0 unspecified atom stereocenters. The summed E-state index contributed by atoms with van der Waals surface area (Å²) in [5.74, 6) is -0.0634. The van der Waals surface area contributed by atoms with E-state index in [-0.39, 0.29) is 5.91 Å². The fourth-order valence-corrected chi connectivity index (χ4v) is 1.86. The first-order valence-corrected chi connectivity index (χ1v) is 5.86. The van der Waals surface area contributed by atoms with E-state index < -0.39 is 0 Å². The summed E-state index contributed by atoms with van der Waals surface area (Å²) in [6, 6.07) is 9.78. The molecule has 0 radical (unpaired) electrons. The van der Waals surface area contributed by atoms with Crippen LogP contribution in [-0.4, -0.2) is 29.9 Å². The maximum absolute atomic E-state index is 11.0. The van der Waals surface area contributed by atoms with Crippen molar-refractivity contribution >= 4 is 22.5 Å². The highest BCUT2D eigenvalue weighted by molar-refractivity contribution is 5.92. The molecular weight excluding hydrogens is 226 g/mol. The van der Waals surface area contributed by atoms with E-state index in [1.165, 1.54) is 6.92 Å². The average molecular weight is 243 g/mol. The minimum atomic E-state index is -0.0634. The molecule has 0 atom stereocenters. The summed E-state index contributed by atoms with van der Waals surface area (Å²) < 4.78 is 0. The summed E-state index contributed by atoms with van der Waals surface area (Å²) in [6.45, 7) is 2.33. The molecule has 1 amide bonds. The van der Waals surface area contributed by atoms with Crippen molar-refractivity contribution in [1.29, 1.82) is 0 Å². The van der Waals surface area contributed by atoms with Crippen molar-refractivity contribution < 1.29 is 4.79 Å². The number of benzene rings is 1. The molecular formula is C14H17N3O. The van der Waals surface area contributed by atoms with E-state index in [2.05, 4.69) is 15.2 Å². The van der Waals surface area contributed by atoms with Crippen molar-refractivity contribution in [2.45, 2.75) is 13.5 Å². The third kappa shape index (κ3) is 3.05. The molecule has 1 aromatic carbocycles. The van der Waals surface area contributed by atoms with Crippen LogP contribution >= 0.6 is 0 Å². The van der Waals surface area contributed by atoms with Gasteiger partial charge in [0.25, 0.3) is 0 Å². The maximum atomic E-state index is 11.0. The molecule has 4 heteroatoms. The third-order valence-corrected chi connectivity index (χ3v) is 2.55. The van der Waals surface area contributed by atoms with E-state index in [9.17, 15) is 4.79 Å². The van der Waals surface area contributed by atoms with Crippen LogP contribution in [0.25, 0.3) is 10.9 Å². The lowest BCUT2D eigenvalue weighted by molar-refractivity contribution is -0.114. The molecule has 18 heavy (non-hydrogen) atoms. The molecule has 1 N–H and O–H groups in total. The average Bonchev–Trinajstić information content (AvgIpc) is 2.27. The molecule has 2 rings (SSSR count). The molecule has 0 aliphatic heterocycles. The molecule has 4 nitrogen and oxygen atoms in total. The second kappa shape index (κ2) is 5.14. The van der Waals surface area contributed by atoms with Crippen molar-refractivity contribution in [1.82, 2.24) is 9.88 Å². The minimum Gasteiger partial charge on any atom is -0.326 e. The van der Waals surface area contributed by atoms with Gasteiger partial charge in [-0.25, -0.2) is 0 Å². The Balaban J connectivity index is 2.32. The molecule has 1 aromatic heterocycles. The van der Waals surface area contributed by atoms with Gasteiger partial charge in [-0.3, -0.25) is 9.78 Å².